The van der Waals surface area contributed by atoms with Crippen molar-refractivity contribution >= 4 is 5.97 Å². The van der Waals surface area contributed by atoms with E-state index in [0.29, 0.717) is 19.3 Å². The first kappa shape index (κ1) is 18.8. The maximum atomic E-state index is 11.1. The number of hydrogen-bond acceptors (Lipinski definition) is 4. The maximum Gasteiger partial charge on any atom is 0.342 e. The van der Waals surface area contributed by atoms with Crippen molar-refractivity contribution in [3.8, 4) is 0 Å². The number of carboxylic acids is 1. The molecule has 0 aromatic heterocycles. The zero-order valence-corrected chi connectivity index (χ0v) is 12.7. The molecule has 0 spiro atoms. The van der Waals surface area contributed by atoms with Crippen LogP contribution < -0.4 is 0 Å². The molecule has 0 radical (unpaired) electrons. The highest BCUT2D eigenvalue weighted by atomic mass is 16.4. The molecule has 0 bridgehead atoms. The molecule has 1 atom stereocenters. The summed E-state index contributed by atoms with van der Waals surface area (Å²) < 4.78 is 0. The number of hydrogen-bond donors (Lipinski definition) is 4. The Hall–Kier alpha value is -1.17. The van der Waals surface area contributed by atoms with Crippen LogP contribution in [0.15, 0.2) is 23.3 Å². The molecular weight excluding hydrogens is 260 g/mol. The van der Waals surface area contributed by atoms with Crippen LogP contribution in [0, 0.1) is 0 Å². The third kappa shape index (κ3) is 5.45. The third-order valence-electron chi connectivity index (χ3n) is 3.13. The lowest BCUT2D eigenvalue weighted by Gasteiger charge is -2.23. The first-order valence-electron chi connectivity index (χ1n) is 6.78. The second-order valence-electron chi connectivity index (χ2n) is 5.54. The molecule has 0 saturated heterocycles. The van der Waals surface area contributed by atoms with Crippen LogP contribution in [0.5, 0.6) is 0 Å². The summed E-state index contributed by atoms with van der Waals surface area (Å²) >= 11 is 0. The molecule has 0 aromatic rings. The Kier molecular flexibility index (Phi) is 7.13. The molecular formula is C15H26O5. The van der Waals surface area contributed by atoms with Crippen LogP contribution in [-0.2, 0) is 4.79 Å². The van der Waals surface area contributed by atoms with E-state index in [4.69, 9.17) is 10.2 Å². The number of carbonyl (C=O) groups is 1. The molecule has 1 unspecified atom stereocenters. The Morgan fingerprint density at radius 2 is 1.65 bits per heavy atom. The lowest BCUT2D eigenvalue weighted by molar-refractivity contribution is -0.158. The average Bonchev–Trinajstić information content (AvgIpc) is 2.35. The van der Waals surface area contributed by atoms with E-state index in [2.05, 4.69) is 0 Å². The van der Waals surface area contributed by atoms with Gasteiger partial charge in [0.15, 0.2) is 0 Å². The molecule has 0 saturated carbocycles. The van der Waals surface area contributed by atoms with Crippen LogP contribution >= 0.6 is 0 Å². The Morgan fingerprint density at radius 1 is 1.10 bits per heavy atom. The zero-order valence-electron chi connectivity index (χ0n) is 12.7. The number of carboxylic acid groups (broad SMARTS) is 1. The van der Waals surface area contributed by atoms with Gasteiger partial charge >= 0.3 is 5.97 Å². The van der Waals surface area contributed by atoms with E-state index in [1.807, 2.05) is 6.92 Å². The van der Waals surface area contributed by atoms with Crippen LogP contribution in [0.3, 0.4) is 0 Å². The van der Waals surface area contributed by atoms with Crippen LogP contribution in [0.1, 0.15) is 47.0 Å². The van der Waals surface area contributed by atoms with E-state index in [-0.39, 0.29) is 5.57 Å². The smallest absolute Gasteiger partial charge is 0.342 e. The highest BCUT2D eigenvalue weighted by Crippen LogP contribution is 2.23. The summed E-state index contributed by atoms with van der Waals surface area (Å²) in [6, 6.07) is 0. The fourth-order valence-corrected chi connectivity index (χ4v) is 1.93. The third-order valence-corrected chi connectivity index (χ3v) is 3.13. The summed E-state index contributed by atoms with van der Waals surface area (Å²) in [5.74, 6) is -1.47. The fourth-order valence-electron chi connectivity index (χ4n) is 1.93. The fraction of sp³-hybridized carbons (Fsp3) is 0.667. The maximum absolute atomic E-state index is 11.1. The molecule has 0 aliphatic carbocycles. The molecule has 20 heavy (non-hydrogen) atoms. The van der Waals surface area contributed by atoms with Gasteiger partial charge in [-0.15, -0.1) is 0 Å². The van der Waals surface area contributed by atoms with Gasteiger partial charge in [-0.2, -0.15) is 0 Å². The number of aliphatic carboxylic acids is 1. The van der Waals surface area contributed by atoms with Crippen LogP contribution in [-0.4, -0.2) is 44.2 Å². The first-order valence-corrected chi connectivity index (χ1v) is 6.78. The molecule has 0 amide bonds. The van der Waals surface area contributed by atoms with Crippen molar-refractivity contribution in [2.45, 2.75) is 58.2 Å². The lowest BCUT2D eigenvalue weighted by atomic mass is 9.90. The van der Waals surface area contributed by atoms with Crippen molar-refractivity contribution < 1.29 is 25.2 Å². The van der Waals surface area contributed by atoms with Crippen molar-refractivity contribution in [2.75, 3.05) is 6.61 Å². The largest absolute Gasteiger partial charge is 0.479 e. The summed E-state index contributed by atoms with van der Waals surface area (Å²) in [5, 5.41) is 37.9. The second-order valence-corrected chi connectivity index (χ2v) is 5.54. The van der Waals surface area contributed by atoms with Crippen LogP contribution in [0.4, 0.5) is 0 Å². The number of rotatable bonds is 8. The quantitative estimate of drug-likeness (QED) is 0.508. The van der Waals surface area contributed by atoms with Gasteiger partial charge in [0.2, 0.25) is 5.60 Å². The summed E-state index contributed by atoms with van der Waals surface area (Å²) in [7, 11) is 0. The summed E-state index contributed by atoms with van der Waals surface area (Å²) in [4.78, 5) is 11.1. The molecule has 0 fully saturated rings. The topological polar surface area (TPSA) is 98.0 Å². The van der Waals surface area contributed by atoms with Crippen molar-refractivity contribution in [2.24, 2.45) is 0 Å². The van der Waals surface area contributed by atoms with E-state index in [0.717, 1.165) is 5.57 Å². The van der Waals surface area contributed by atoms with Crippen molar-refractivity contribution in [1.82, 2.24) is 0 Å². The number of aliphatic hydroxyl groups is 3. The molecule has 0 aliphatic heterocycles. The van der Waals surface area contributed by atoms with Gasteiger partial charge in [0.1, 0.15) is 0 Å². The predicted octanol–water partition coefficient (Wildman–Crippen LogP) is 1.63. The Labute approximate surface area is 120 Å². The lowest BCUT2D eigenvalue weighted by Crippen LogP contribution is -2.44. The van der Waals surface area contributed by atoms with Crippen molar-refractivity contribution in [3.63, 3.8) is 0 Å². The zero-order chi connectivity index (χ0) is 16.0. The van der Waals surface area contributed by atoms with Gasteiger partial charge < -0.3 is 20.4 Å². The Morgan fingerprint density at radius 3 is 1.95 bits per heavy atom. The van der Waals surface area contributed by atoms with Gasteiger partial charge in [-0.3, -0.25) is 0 Å². The molecule has 116 valence electrons. The van der Waals surface area contributed by atoms with Crippen LogP contribution in [0.2, 0.25) is 0 Å². The highest BCUT2D eigenvalue weighted by Gasteiger charge is 2.38. The van der Waals surface area contributed by atoms with E-state index < -0.39 is 23.8 Å². The minimum atomic E-state index is -2.25. The van der Waals surface area contributed by atoms with Gasteiger partial charge in [0.05, 0.1) is 12.2 Å². The minimum absolute atomic E-state index is 0.231. The molecule has 0 heterocycles. The normalized spacial score (nSPS) is 16.9. The Balaban J connectivity index is 5.38. The van der Waals surface area contributed by atoms with Gasteiger partial charge in [0.25, 0.3) is 0 Å². The molecule has 5 nitrogen and oxygen atoms in total. The van der Waals surface area contributed by atoms with E-state index in [1.54, 1.807) is 26.8 Å². The standard InChI is InChI=1S/C15H26O5/c1-5-11(9-14(3,4)19)7-8-12(6-2)15(20,10-16)13(17)18/h7-8,16,19-20H,5-6,9-10H2,1-4H3,(H,17,18)/b11-7+,12-8+. The monoisotopic (exact) mass is 286 g/mol. The highest BCUT2D eigenvalue weighted by molar-refractivity contribution is 5.81. The second kappa shape index (κ2) is 7.57. The average molecular weight is 286 g/mol. The predicted molar refractivity (Wildman–Crippen MR) is 77.3 cm³/mol. The molecule has 0 aromatic carbocycles. The summed E-state index contributed by atoms with van der Waals surface area (Å²) in [5.41, 5.74) is -1.93. The Bertz CT molecular complexity index is 390. The van der Waals surface area contributed by atoms with Gasteiger partial charge in [0, 0.05) is 0 Å². The van der Waals surface area contributed by atoms with Crippen LogP contribution in [0.25, 0.3) is 0 Å². The molecule has 4 N–H and O–H groups in total. The van der Waals surface area contributed by atoms with E-state index in [9.17, 15) is 15.0 Å². The minimum Gasteiger partial charge on any atom is -0.479 e. The van der Waals surface area contributed by atoms with E-state index >= 15 is 0 Å². The SMILES string of the molecule is CC/C(=C\C=C(/CC)C(O)(CO)C(=O)O)CC(C)(C)O. The van der Waals surface area contributed by atoms with Crippen molar-refractivity contribution in [3.05, 3.63) is 23.3 Å². The van der Waals surface area contributed by atoms with Crippen molar-refractivity contribution in [1.29, 1.82) is 0 Å². The van der Waals surface area contributed by atoms with Gasteiger partial charge in [-0.25, -0.2) is 4.79 Å². The van der Waals surface area contributed by atoms with Gasteiger partial charge in [-0.05, 0) is 38.7 Å². The summed E-state index contributed by atoms with van der Waals surface area (Å²) in [6.45, 7) is 6.17. The number of allylic oxidation sites excluding steroid dienone is 2. The number of aliphatic hydroxyl groups excluding tert-OH is 1. The molecule has 5 heteroatoms. The van der Waals surface area contributed by atoms with E-state index in [1.165, 1.54) is 6.08 Å². The first-order chi connectivity index (χ1) is 9.10. The van der Waals surface area contributed by atoms with Gasteiger partial charge in [-0.1, -0.05) is 31.6 Å². The molecule has 0 aliphatic rings. The summed E-state index contributed by atoms with van der Waals surface area (Å²) in [6.07, 6.45) is 4.71. The molecule has 0 rings (SSSR count).